The van der Waals surface area contributed by atoms with Crippen LogP contribution in [0.15, 0.2) is 30.3 Å². The van der Waals surface area contributed by atoms with Crippen LogP contribution in [-0.4, -0.2) is 37.7 Å². The summed E-state index contributed by atoms with van der Waals surface area (Å²) in [6.07, 6.45) is 1.76. The first-order chi connectivity index (χ1) is 13.9. The fraction of sp³-hybridized carbons (Fsp3) is 0.381. The average molecular weight is 431 g/mol. The molecule has 0 aromatic carbocycles. The molecule has 1 unspecified atom stereocenters. The number of esters is 1. The van der Waals surface area contributed by atoms with E-state index in [-0.39, 0.29) is 21.6 Å². The van der Waals surface area contributed by atoms with Crippen molar-refractivity contribution in [1.82, 2.24) is 9.97 Å². The molecule has 1 atom stereocenters. The van der Waals surface area contributed by atoms with Gasteiger partial charge in [-0.1, -0.05) is 43.4 Å². The molecular weight excluding hydrogens is 408 g/mol. The van der Waals surface area contributed by atoms with Crippen LogP contribution in [0.25, 0.3) is 0 Å². The second-order valence-corrected chi connectivity index (χ2v) is 8.83. The maximum absolute atomic E-state index is 12.5. The molecule has 2 aromatic heterocycles. The van der Waals surface area contributed by atoms with Gasteiger partial charge in [0.1, 0.15) is 11.4 Å². The molecule has 1 aliphatic rings. The van der Waals surface area contributed by atoms with Crippen LogP contribution in [0.2, 0.25) is 0 Å². The minimum absolute atomic E-state index is 0.117. The predicted molar refractivity (Wildman–Crippen MR) is 115 cm³/mol. The van der Waals surface area contributed by atoms with Crippen LogP contribution in [-0.2, 0) is 10.3 Å². The van der Waals surface area contributed by atoms with E-state index in [4.69, 9.17) is 4.74 Å². The minimum Gasteiger partial charge on any atom is -0.443 e. The Kier molecular flexibility index (Phi) is 6.74. The van der Waals surface area contributed by atoms with Crippen molar-refractivity contribution in [2.75, 3.05) is 11.5 Å². The largest absolute Gasteiger partial charge is 0.443 e. The van der Waals surface area contributed by atoms with Gasteiger partial charge in [-0.15, -0.1) is 0 Å². The van der Waals surface area contributed by atoms with Crippen LogP contribution >= 0.6 is 23.5 Å². The first-order valence-corrected chi connectivity index (χ1v) is 11.4. The monoisotopic (exact) mass is 430 g/mol. The fourth-order valence-corrected chi connectivity index (χ4v) is 4.25. The molecule has 0 radical (unpaired) electrons. The lowest BCUT2D eigenvalue weighted by Gasteiger charge is -2.23. The molecule has 0 N–H and O–H groups in total. The number of carbonyl (C=O) groups excluding carboxylic acids is 3. The van der Waals surface area contributed by atoms with E-state index < -0.39 is 11.6 Å². The SMILES string of the molecule is CCCSC(=O)c1cccc(C2(C)OC(=O)c3nc(C(=O)SCCC)ccc32)n1. The summed E-state index contributed by atoms with van der Waals surface area (Å²) in [6, 6.07) is 8.40. The Hall–Kier alpha value is -2.19. The van der Waals surface area contributed by atoms with Crippen molar-refractivity contribution < 1.29 is 19.1 Å². The van der Waals surface area contributed by atoms with Crippen LogP contribution in [0.5, 0.6) is 0 Å². The average Bonchev–Trinajstić information content (AvgIpc) is 3.01. The summed E-state index contributed by atoms with van der Waals surface area (Å²) in [5, 5.41) is -0.288. The number of thioether (sulfide) groups is 2. The predicted octanol–water partition coefficient (Wildman–Crippen LogP) is 4.48. The molecule has 6 nitrogen and oxygen atoms in total. The van der Waals surface area contributed by atoms with Gasteiger partial charge < -0.3 is 4.74 Å². The number of rotatable bonds is 7. The summed E-state index contributed by atoms with van der Waals surface area (Å²) in [4.78, 5) is 45.8. The smallest absolute Gasteiger partial charge is 0.358 e. The molecule has 0 saturated heterocycles. The Labute approximate surface area is 178 Å². The Bertz CT molecular complexity index is 963. The number of aromatic nitrogens is 2. The Balaban J connectivity index is 1.94. The first kappa shape index (κ1) is 21.5. The Morgan fingerprint density at radius 3 is 2.21 bits per heavy atom. The Morgan fingerprint density at radius 2 is 1.59 bits per heavy atom. The van der Waals surface area contributed by atoms with Gasteiger partial charge in [0.25, 0.3) is 0 Å². The highest BCUT2D eigenvalue weighted by Crippen LogP contribution is 2.40. The van der Waals surface area contributed by atoms with Gasteiger partial charge in [0.2, 0.25) is 10.2 Å². The number of ether oxygens (including phenoxy) is 1. The molecule has 3 heterocycles. The molecule has 1 aliphatic heterocycles. The quantitative estimate of drug-likeness (QED) is 0.595. The molecule has 0 bridgehead atoms. The number of hydrogen-bond donors (Lipinski definition) is 0. The highest BCUT2D eigenvalue weighted by Gasteiger charge is 2.46. The maximum atomic E-state index is 12.5. The molecule has 8 heteroatoms. The lowest BCUT2D eigenvalue weighted by atomic mass is 9.92. The van der Waals surface area contributed by atoms with Gasteiger partial charge in [-0.2, -0.15) is 0 Å². The number of hydrogen-bond acceptors (Lipinski definition) is 8. The fourth-order valence-electron chi connectivity index (χ4n) is 2.94. The van der Waals surface area contributed by atoms with Crippen molar-refractivity contribution in [2.24, 2.45) is 0 Å². The molecule has 3 rings (SSSR count). The summed E-state index contributed by atoms with van der Waals surface area (Å²) >= 11 is 2.39. The highest BCUT2D eigenvalue weighted by atomic mass is 32.2. The second-order valence-electron chi connectivity index (χ2n) is 6.70. The highest BCUT2D eigenvalue weighted by molar-refractivity contribution is 8.14. The number of cyclic esters (lactones) is 1. The second kappa shape index (κ2) is 9.09. The van der Waals surface area contributed by atoms with Gasteiger partial charge in [-0.05, 0) is 44.0 Å². The van der Waals surface area contributed by atoms with Gasteiger partial charge in [-0.25, -0.2) is 14.8 Å². The molecule has 0 fully saturated rings. The third-order valence-corrected chi connectivity index (χ3v) is 6.60. The molecule has 29 heavy (non-hydrogen) atoms. The van der Waals surface area contributed by atoms with E-state index in [0.717, 1.165) is 18.6 Å². The number of nitrogens with zero attached hydrogens (tertiary/aromatic N) is 2. The van der Waals surface area contributed by atoms with Crippen molar-refractivity contribution >= 4 is 39.7 Å². The van der Waals surface area contributed by atoms with Gasteiger partial charge in [-0.3, -0.25) is 9.59 Å². The van der Waals surface area contributed by atoms with Crippen LogP contribution in [0.4, 0.5) is 0 Å². The van der Waals surface area contributed by atoms with Crippen LogP contribution in [0, 0.1) is 0 Å². The summed E-state index contributed by atoms with van der Waals surface area (Å²) in [5.74, 6) is 0.813. The van der Waals surface area contributed by atoms with Gasteiger partial charge in [0.05, 0.1) is 5.69 Å². The summed E-state index contributed by atoms with van der Waals surface area (Å²) in [6.45, 7) is 5.72. The summed E-state index contributed by atoms with van der Waals surface area (Å²) in [5.41, 5.74) is 0.503. The van der Waals surface area contributed by atoms with E-state index in [1.54, 1.807) is 37.3 Å². The molecule has 152 valence electrons. The lowest BCUT2D eigenvalue weighted by Crippen LogP contribution is -2.25. The van der Waals surface area contributed by atoms with Gasteiger partial charge in [0.15, 0.2) is 11.3 Å². The van der Waals surface area contributed by atoms with E-state index in [2.05, 4.69) is 9.97 Å². The van der Waals surface area contributed by atoms with E-state index in [1.807, 2.05) is 13.8 Å². The molecule has 0 aliphatic carbocycles. The third-order valence-electron chi connectivity index (χ3n) is 4.43. The van der Waals surface area contributed by atoms with Crippen molar-refractivity contribution in [2.45, 2.75) is 39.2 Å². The van der Waals surface area contributed by atoms with Crippen LogP contribution < -0.4 is 0 Å². The number of carbonyl (C=O) groups is 3. The Morgan fingerprint density at radius 1 is 0.966 bits per heavy atom. The number of fused-ring (bicyclic) bond motifs is 1. The van der Waals surface area contributed by atoms with Crippen molar-refractivity contribution in [1.29, 1.82) is 0 Å². The van der Waals surface area contributed by atoms with E-state index >= 15 is 0 Å². The maximum Gasteiger partial charge on any atom is 0.358 e. The molecule has 0 saturated carbocycles. The zero-order valence-electron chi connectivity index (χ0n) is 16.6. The first-order valence-electron chi connectivity index (χ1n) is 9.47. The minimum atomic E-state index is -1.16. The van der Waals surface area contributed by atoms with E-state index in [0.29, 0.717) is 22.7 Å². The molecular formula is C21H22N2O4S2. The van der Waals surface area contributed by atoms with Gasteiger partial charge >= 0.3 is 5.97 Å². The van der Waals surface area contributed by atoms with E-state index in [1.165, 1.54) is 23.5 Å². The van der Waals surface area contributed by atoms with E-state index in [9.17, 15) is 14.4 Å². The molecule has 0 amide bonds. The molecule has 2 aromatic rings. The zero-order valence-corrected chi connectivity index (χ0v) is 18.2. The van der Waals surface area contributed by atoms with Crippen molar-refractivity contribution in [3.8, 4) is 0 Å². The van der Waals surface area contributed by atoms with Crippen LogP contribution in [0.3, 0.4) is 0 Å². The summed E-state index contributed by atoms with van der Waals surface area (Å²) < 4.78 is 5.64. The standard InChI is InChI=1S/C21H22N2O4S2/c1-4-11-28-19(25)14-7-6-8-16(22-14)21(3)13-9-10-15(20(26)29-12-5-2)23-17(13)18(24)27-21/h6-10H,4-5,11-12H2,1-3H3. The molecule has 0 spiro atoms. The van der Waals surface area contributed by atoms with Crippen molar-refractivity contribution in [3.63, 3.8) is 0 Å². The number of pyridine rings is 2. The van der Waals surface area contributed by atoms with Crippen molar-refractivity contribution in [3.05, 3.63) is 58.7 Å². The normalized spacial score (nSPS) is 17.7. The third kappa shape index (κ3) is 4.38. The topological polar surface area (TPSA) is 86.2 Å². The van der Waals surface area contributed by atoms with Gasteiger partial charge in [0, 0.05) is 17.1 Å². The lowest BCUT2D eigenvalue weighted by molar-refractivity contribution is 0.0162. The summed E-state index contributed by atoms with van der Waals surface area (Å²) in [7, 11) is 0. The zero-order chi connectivity index (χ0) is 21.0. The van der Waals surface area contributed by atoms with Crippen LogP contribution in [0.1, 0.15) is 76.3 Å².